The van der Waals surface area contributed by atoms with Gasteiger partial charge in [0.2, 0.25) is 0 Å². The van der Waals surface area contributed by atoms with Gasteiger partial charge in [0.15, 0.2) is 0 Å². The number of aromatic nitrogens is 1. The minimum atomic E-state index is -0.0623. The van der Waals surface area contributed by atoms with E-state index in [-0.39, 0.29) is 11.4 Å². The van der Waals surface area contributed by atoms with Gasteiger partial charge in [-0.2, -0.15) is 0 Å². The van der Waals surface area contributed by atoms with E-state index in [0.717, 1.165) is 29.6 Å². The zero-order valence-corrected chi connectivity index (χ0v) is 16.2. The summed E-state index contributed by atoms with van der Waals surface area (Å²) in [5, 5.41) is 0.959. The number of carbonyl (C=O) groups is 1. The molecule has 0 saturated carbocycles. The summed E-state index contributed by atoms with van der Waals surface area (Å²) in [5.74, 6) is 2.31. The fourth-order valence-corrected chi connectivity index (χ4v) is 5.15. The lowest BCUT2D eigenvalue weighted by atomic mass is 9.60. The van der Waals surface area contributed by atoms with Crippen LogP contribution in [0.25, 0.3) is 10.9 Å². The van der Waals surface area contributed by atoms with E-state index in [0.29, 0.717) is 23.4 Å². The van der Waals surface area contributed by atoms with Crippen LogP contribution in [-0.4, -0.2) is 35.0 Å². The molecule has 0 spiro atoms. The number of aromatic amines is 1. The predicted octanol–water partition coefficient (Wildman–Crippen LogP) is 4.71. The summed E-state index contributed by atoms with van der Waals surface area (Å²) in [7, 11) is 1.66. The van der Waals surface area contributed by atoms with Crippen LogP contribution in [0.4, 0.5) is 0 Å². The van der Waals surface area contributed by atoms with Crippen molar-refractivity contribution in [1.29, 1.82) is 0 Å². The third-order valence-corrected chi connectivity index (χ3v) is 6.19. The van der Waals surface area contributed by atoms with E-state index in [9.17, 15) is 4.79 Å². The van der Waals surface area contributed by atoms with Crippen LogP contribution in [0.15, 0.2) is 24.3 Å². The van der Waals surface area contributed by atoms with Gasteiger partial charge in [-0.05, 0) is 36.5 Å². The summed E-state index contributed by atoms with van der Waals surface area (Å²) in [5.41, 5.74) is 1.53. The highest BCUT2D eigenvalue weighted by molar-refractivity contribution is 6.00. The van der Waals surface area contributed by atoms with E-state index in [1.807, 2.05) is 24.3 Å². The number of amides is 1. The summed E-state index contributed by atoms with van der Waals surface area (Å²) >= 11 is 0. The average Bonchev–Trinajstić information content (AvgIpc) is 2.97. The maximum absolute atomic E-state index is 13.3. The number of hydrogen-bond acceptors (Lipinski definition) is 2. The molecule has 1 aromatic heterocycles. The number of nitrogens with zero attached hydrogens (tertiary/aromatic N) is 1. The SMILES string of the molecule is CCC1CN(C(=O)c2cc3c(OC)cccc3[nH]2)C1(C(C)C)C(C)C. The number of ether oxygens (including phenoxy) is 1. The molecule has 136 valence electrons. The number of carbonyl (C=O) groups excluding carboxylic acids is 1. The van der Waals surface area contributed by atoms with Crippen molar-refractivity contribution in [2.45, 2.75) is 46.6 Å². The Morgan fingerprint density at radius 2 is 2.00 bits per heavy atom. The van der Waals surface area contributed by atoms with E-state index < -0.39 is 0 Å². The summed E-state index contributed by atoms with van der Waals surface area (Å²) in [6.07, 6.45) is 1.11. The first-order valence-electron chi connectivity index (χ1n) is 9.35. The molecular formula is C21H30N2O2. The summed E-state index contributed by atoms with van der Waals surface area (Å²) < 4.78 is 5.43. The Balaban J connectivity index is 2.00. The Kier molecular flexibility index (Phi) is 4.56. The third kappa shape index (κ3) is 2.45. The molecule has 1 aliphatic rings. The Hall–Kier alpha value is -1.97. The highest BCUT2D eigenvalue weighted by Gasteiger charge is 2.58. The van der Waals surface area contributed by atoms with Gasteiger partial charge < -0.3 is 14.6 Å². The van der Waals surface area contributed by atoms with Crippen molar-refractivity contribution in [3.8, 4) is 5.75 Å². The molecule has 1 N–H and O–H groups in total. The number of benzene rings is 1. The molecule has 1 saturated heterocycles. The number of H-pyrrole nitrogens is 1. The molecule has 1 amide bonds. The number of fused-ring (bicyclic) bond motifs is 1. The Morgan fingerprint density at radius 3 is 2.56 bits per heavy atom. The molecule has 3 rings (SSSR count). The number of nitrogens with one attached hydrogen (secondary N) is 1. The van der Waals surface area contributed by atoms with E-state index in [1.54, 1.807) is 7.11 Å². The second kappa shape index (κ2) is 6.40. The first-order chi connectivity index (χ1) is 11.9. The van der Waals surface area contributed by atoms with Gasteiger partial charge in [0.05, 0.1) is 12.6 Å². The molecule has 4 heteroatoms. The maximum Gasteiger partial charge on any atom is 0.270 e. The first kappa shape index (κ1) is 17.8. The Bertz CT molecular complexity index is 767. The smallest absolute Gasteiger partial charge is 0.270 e. The lowest BCUT2D eigenvalue weighted by molar-refractivity contribution is -0.116. The molecule has 25 heavy (non-hydrogen) atoms. The van der Waals surface area contributed by atoms with Crippen LogP contribution in [0, 0.1) is 17.8 Å². The van der Waals surface area contributed by atoms with Crippen LogP contribution in [0.3, 0.4) is 0 Å². The highest BCUT2D eigenvalue weighted by Crippen LogP contribution is 2.49. The second-order valence-electron chi connectivity index (χ2n) is 7.82. The molecule has 4 nitrogen and oxygen atoms in total. The fraction of sp³-hybridized carbons (Fsp3) is 0.571. The molecule has 2 heterocycles. The zero-order chi connectivity index (χ0) is 18.4. The number of hydrogen-bond donors (Lipinski definition) is 1. The molecule has 1 unspecified atom stereocenters. The van der Waals surface area contributed by atoms with Crippen LogP contribution in [0.1, 0.15) is 51.5 Å². The van der Waals surface area contributed by atoms with Gasteiger partial charge in [0, 0.05) is 23.4 Å². The molecule has 1 aliphatic heterocycles. The minimum Gasteiger partial charge on any atom is -0.496 e. The zero-order valence-electron chi connectivity index (χ0n) is 16.2. The lowest BCUT2D eigenvalue weighted by Gasteiger charge is -2.63. The van der Waals surface area contributed by atoms with Gasteiger partial charge >= 0.3 is 0 Å². The summed E-state index contributed by atoms with van der Waals surface area (Å²) in [6.45, 7) is 12.1. The minimum absolute atomic E-state index is 0.0623. The van der Waals surface area contributed by atoms with Gasteiger partial charge in [0.25, 0.3) is 5.91 Å². The second-order valence-corrected chi connectivity index (χ2v) is 7.82. The van der Waals surface area contributed by atoms with Crippen LogP contribution in [0.5, 0.6) is 5.75 Å². The number of likely N-dealkylation sites (tertiary alicyclic amines) is 1. The summed E-state index contributed by atoms with van der Waals surface area (Å²) in [6, 6.07) is 7.78. The molecule has 1 fully saturated rings. The standard InChI is InChI=1S/C21H30N2O2/c1-7-15-12-23(21(15,13(2)3)14(4)5)20(24)18-11-16-17(22-18)9-8-10-19(16)25-6/h8-11,13-15,22H,7,12H2,1-6H3. The average molecular weight is 342 g/mol. The van der Waals surface area contributed by atoms with Gasteiger partial charge in [-0.1, -0.05) is 40.7 Å². The lowest BCUT2D eigenvalue weighted by Crippen LogP contribution is -2.73. The summed E-state index contributed by atoms with van der Waals surface area (Å²) in [4.78, 5) is 18.7. The molecule has 2 aromatic rings. The molecule has 0 radical (unpaired) electrons. The molecule has 0 aliphatic carbocycles. The van der Waals surface area contributed by atoms with Crippen LogP contribution in [0.2, 0.25) is 0 Å². The van der Waals surface area contributed by atoms with Gasteiger partial charge in [-0.15, -0.1) is 0 Å². The van der Waals surface area contributed by atoms with Gasteiger partial charge in [-0.25, -0.2) is 0 Å². The number of methoxy groups -OCH3 is 1. The van der Waals surface area contributed by atoms with Crippen LogP contribution >= 0.6 is 0 Å². The van der Waals surface area contributed by atoms with E-state index in [2.05, 4.69) is 44.5 Å². The quantitative estimate of drug-likeness (QED) is 0.855. The Labute approximate surface area is 150 Å². The molecule has 1 atom stereocenters. The van der Waals surface area contributed by atoms with E-state index in [1.165, 1.54) is 0 Å². The Morgan fingerprint density at radius 1 is 1.32 bits per heavy atom. The van der Waals surface area contributed by atoms with Crippen molar-refractivity contribution in [2.24, 2.45) is 17.8 Å². The maximum atomic E-state index is 13.3. The monoisotopic (exact) mass is 342 g/mol. The van der Waals surface area contributed by atoms with Gasteiger partial charge in [-0.3, -0.25) is 4.79 Å². The van der Waals surface area contributed by atoms with Crippen molar-refractivity contribution in [3.63, 3.8) is 0 Å². The first-order valence-corrected chi connectivity index (χ1v) is 9.35. The van der Waals surface area contributed by atoms with Crippen molar-refractivity contribution in [3.05, 3.63) is 30.0 Å². The number of rotatable bonds is 5. The third-order valence-electron chi connectivity index (χ3n) is 6.19. The van der Waals surface area contributed by atoms with Crippen molar-refractivity contribution < 1.29 is 9.53 Å². The van der Waals surface area contributed by atoms with Gasteiger partial charge in [0.1, 0.15) is 11.4 Å². The van der Waals surface area contributed by atoms with Crippen molar-refractivity contribution in [2.75, 3.05) is 13.7 Å². The van der Waals surface area contributed by atoms with Crippen molar-refractivity contribution in [1.82, 2.24) is 9.88 Å². The predicted molar refractivity (Wildman–Crippen MR) is 102 cm³/mol. The van der Waals surface area contributed by atoms with Crippen molar-refractivity contribution >= 4 is 16.8 Å². The molecule has 1 aromatic carbocycles. The topological polar surface area (TPSA) is 45.3 Å². The van der Waals surface area contributed by atoms with Crippen LogP contribution in [-0.2, 0) is 0 Å². The highest BCUT2D eigenvalue weighted by atomic mass is 16.5. The molecular weight excluding hydrogens is 312 g/mol. The normalized spacial score (nSPS) is 19.5. The van der Waals surface area contributed by atoms with E-state index in [4.69, 9.17) is 4.74 Å². The van der Waals surface area contributed by atoms with Crippen LogP contribution < -0.4 is 4.74 Å². The van der Waals surface area contributed by atoms with E-state index >= 15 is 0 Å². The fourth-order valence-electron chi connectivity index (χ4n) is 5.15. The molecule has 0 bridgehead atoms. The largest absolute Gasteiger partial charge is 0.496 e.